The molecule has 0 saturated carbocycles. The molecule has 0 fully saturated rings. The van der Waals surface area contributed by atoms with Gasteiger partial charge in [-0.3, -0.25) is 4.79 Å². The molecule has 2 rings (SSSR count). The van der Waals surface area contributed by atoms with E-state index in [4.69, 9.17) is 10.5 Å². The summed E-state index contributed by atoms with van der Waals surface area (Å²) in [5, 5.41) is 9.65. The molecule has 3 N–H and O–H groups in total. The van der Waals surface area contributed by atoms with Crippen molar-refractivity contribution in [3.8, 4) is 17.0 Å². The first-order chi connectivity index (χ1) is 8.13. The Labute approximate surface area is 95.6 Å². The van der Waals surface area contributed by atoms with Crippen LogP contribution in [0.1, 0.15) is 10.5 Å². The Morgan fingerprint density at radius 1 is 1.47 bits per heavy atom. The van der Waals surface area contributed by atoms with Gasteiger partial charge in [0, 0.05) is 5.56 Å². The summed E-state index contributed by atoms with van der Waals surface area (Å²) in [6.07, 6.45) is 0. The summed E-state index contributed by atoms with van der Waals surface area (Å²) in [4.78, 5) is 11.1. The molecule has 1 amide bonds. The van der Waals surface area contributed by atoms with Gasteiger partial charge in [-0.1, -0.05) is 0 Å². The van der Waals surface area contributed by atoms with E-state index in [-0.39, 0.29) is 11.4 Å². The molecular formula is C10H9FN4O2. The first-order valence-corrected chi connectivity index (χ1v) is 4.68. The number of nitrogens with one attached hydrogen (secondary N) is 1. The minimum absolute atomic E-state index is 0.0612. The van der Waals surface area contributed by atoms with Crippen molar-refractivity contribution in [1.82, 2.24) is 15.4 Å². The van der Waals surface area contributed by atoms with Gasteiger partial charge in [0.25, 0.3) is 5.91 Å². The number of hydrogen-bond donors (Lipinski definition) is 2. The van der Waals surface area contributed by atoms with Crippen molar-refractivity contribution in [2.45, 2.75) is 0 Å². The third kappa shape index (κ3) is 1.94. The summed E-state index contributed by atoms with van der Waals surface area (Å²) in [5.41, 5.74) is 5.54. The highest BCUT2D eigenvalue weighted by Gasteiger charge is 2.18. The predicted octanol–water partition coefficient (Wildman–Crippen LogP) is 0.718. The number of amides is 1. The van der Waals surface area contributed by atoms with Crippen molar-refractivity contribution in [1.29, 1.82) is 0 Å². The average molecular weight is 236 g/mol. The van der Waals surface area contributed by atoms with Gasteiger partial charge in [0.15, 0.2) is 5.69 Å². The van der Waals surface area contributed by atoms with Gasteiger partial charge >= 0.3 is 0 Å². The van der Waals surface area contributed by atoms with Crippen LogP contribution in [-0.4, -0.2) is 28.4 Å². The SMILES string of the molecule is COc1ccc(F)cc1-c1n[nH]nc1C(N)=O. The van der Waals surface area contributed by atoms with E-state index in [1.54, 1.807) is 0 Å². The second-order valence-corrected chi connectivity index (χ2v) is 3.23. The first-order valence-electron chi connectivity index (χ1n) is 4.68. The molecule has 0 unspecified atom stereocenters. The summed E-state index contributed by atoms with van der Waals surface area (Å²) >= 11 is 0. The van der Waals surface area contributed by atoms with Gasteiger partial charge in [-0.2, -0.15) is 15.4 Å². The van der Waals surface area contributed by atoms with E-state index >= 15 is 0 Å². The van der Waals surface area contributed by atoms with Gasteiger partial charge in [-0.25, -0.2) is 4.39 Å². The minimum atomic E-state index is -0.750. The van der Waals surface area contributed by atoms with Crippen LogP contribution >= 0.6 is 0 Å². The highest BCUT2D eigenvalue weighted by molar-refractivity contribution is 5.97. The van der Waals surface area contributed by atoms with E-state index < -0.39 is 11.7 Å². The number of nitrogens with zero attached hydrogens (tertiary/aromatic N) is 2. The first kappa shape index (κ1) is 11.1. The number of ether oxygens (including phenoxy) is 1. The molecule has 0 aliphatic heterocycles. The molecule has 0 saturated heterocycles. The van der Waals surface area contributed by atoms with Crippen molar-refractivity contribution >= 4 is 5.91 Å². The molecule has 0 spiro atoms. The lowest BCUT2D eigenvalue weighted by atomic mass is 10.1. The molecule has 0 radical (unpaired) electrons. The zero-order valence-electron chi connectivity index (χ0n) is 8.90. The van der Waals surface area contributed by atoms with Crippen LogP contribution in [0.4, 0.5) is 4.39 Å². The Morgan fingerprint density at radius 3 is 2.88 bits per heavy atom. The topological polar surface area (TPSA) is 93.9 Å². The zero-order valence-corrected chi connectivity index (χ0v) is 8.90. The lowest BCUT2D eigenvalue weighted by Crippen LogP contribution is -2.13. The van der Waals surface area contributed by atoms with Crippen molar-refractivity contribution < 1.29 is 13.9 Å². The van der Waals surface area contributed by atoms with Gasteiger partial charge in [0.2, 0.25) is 0 Å². The van der Waals surface area contributed by atoms with Crippen LogP contribution in [0.25, 0.3) is 11.3 Å². The summed E-state index contributed by atoms with van der Waals surface area (Å²) in [6, 6.07) is 3.87. The Bertz CT molecular complexity index is 567. The van der Waals surface area contributed by atoms with E-state index in [0.717, 1.165) is 0 Å². The quantitative estimate of drug-likeness (QED) is 0.820. The third-order valence-electron chi connectivity index (χ3n) is 2.20. The second-order valence-electron chi connectivity index (χ2n) is 3.23. The molecule has 7 heteroatoms. The van der Waals surface area contributed by atoms with Crippen molar-refractivity contribution in [3.05, 3.63) is 29.7 Å². The zero-order chi connectivity index (χ0) is 12.4. The Kier molecular flexibility index (Phi) is 2.73. The largest absolute Gasteiger partial charge is 0.496 e. The average Bonchev–Trinajstić information content (AvgIpc) is 2.77. The number of methoxy groups -OCH3 is 1. The van der Waals surface area contributed by atoms with Crippen LogP contribution in [0.2, 0.25) is 0 Å². The fourth-order valence-corrected chi connectivity index (χ4v) is 1.46. The summed E-state index contributed by atoms with van der Waals surface area (Å²) in [5.74, 6) is -0.845. The van der Waals surface area contributed by atoms with Crippen LogP contribution in [0.15, 0.2) is 18.2 Å². The number of H-pyrrole nitrogens is 1. The number of nitrogens with two attached hydrogens (primary N) is 1. The summed E-state index contributed by atoms with van der Waals surface area (Å²) < 4.78 is 18.2. The van der Waals surface area contributed by atoms with Crippen molar-refractivity contribution in [3.63, 3.8) is 0 Å². The maximum atomic E-state index is 13.2. The molecule has 6 nitrogen and oxygen atoms in total. The number of aromatic amines is 1. The molecule has 17 heavy (non-hydrogen) atoms. The monoisotopic (exact) mass is 236 g/mol. The van der Waals surface area contributed by atoms with E-state index in [1.807, 2.05) is 0 Å². The molecule has 1 heterocycles. The molecule has 2 aromatic rings. The van der Waals surface area contributed by atoms with Crippen LogP contribution < -0.4 is 10.5 Å². The highest BCUT2D eigenvalue weighted by Crippen LogP contribution is 2.30. The van der Waals surface area contributed by atoms with Gasteiger partial charge in [0.05, 0.1) is 7.11 Å². The van der Waals surface area contributed by atoms with Gasteiger partial charge in [0.1, 0.15) is 17.3 Å². The molecule has 1 aromatic carbocycles. The maximum absolute atomic E-state index is 13.2. The maximum Gasteiger partial charge on any atom is 0.271 e. The second kappa shape index (κ2) is 4.20. The number of carbonyl (C=O) groups excluding carboxylic acids is 1. The van der Waals surface area contributed by atoms with E-state index in [1.165, 1.54) is 25.3 Å². The standard InChI is InChI=1S/C10H9FN4O2/c1-17-7-3-2-5(11)4-6(7)8-9(10(12)16)14-15-13-8/h2-4H,1H3,(H2,12,16)(H,13,14,15). The molecule has 1 aromatic heterocycles. The fourth-order valence-electron chi connectivity index (χ4n) is 1.46. The lowest BCUT2D eigenvalue weighted by molar-refractivity contribution is 0.0996. The van der Waals surface area contributed by atoms with E-state index in [2.05, 4.69) is 15.4 Å². The van der Waals surface area contributed by atoms with Gasteiger partial charge < -0.3 is 10.5 Å². The Morgan fingerprint density at radius 2 is 2.24 bits per heavy atom. The van der Waals surface area contributed by atoms with Gasteiger partial charge in [-0.15, -0.1) is 0 Å². The number of halogens is 1. The van der Waals surface area contributed by atoms with Crippen molar-refractivity contribution in [2.75, 3.05) is 7.11 Å². The van der Waals surface area contributed by atoms with E-state index in [9.17, 15) is 9.18 Å². The normalized spacial score (nSPS) is 10.2. The lowest BCUT2D eigenvalue weighted by Gasteiger charge is -2.06. The number of benzene rings is 1. The van der Waals surface area contributed by atoms with Crippen LogP contribution in [0.3, 0.4) is 0 Å². The molecule has 0 bridgehead atoms. The number of rotatable bonds is 3. The molecule has 0 atom stereocenters. The molecule has 88 valence electrons. The predicted molar refractivity (Wildman–Crippen MR) is 56.8 cm³/mol. The third-order valence-corrected chi connectivity index (χ3v) is 2.20. The van der Waals surface area contributed by atoms with Crippen LogP contribution in [0.5, 0.6) is 5.75 Å². The van der Waals surface area contributed by atoms with Crippen LogP contribution in [0, 0.1) is 5.82 Å². The van der Waals surface area contributed by atoms with Gasteiger partial charge in [-0.05, 0) is 18.2 Å². The molecule has 0 aliphatic carbocycles. The van der Waals surface area contributed by atoms with Crippen molar-refractivity contribution in [2.24, 2.45) is 5.73 Å². The Balaban J connectivity index is 2.63. The molecular weight excluding hydrogens is 227 g/mol. The fraction of sp³-hybridized carbons (Fsp3) is 0.100. The highest BCUT2D eigenvalue weighted by atomic mass is 19.1. The number of primary amides is 1. The summed E-state index contributed by atoms with van der Waals surface area (Å²) in [7, 11) is 1.43. The summed E-state index contributed by atoms with van der Waals surface area (Å²) in [6.45, 7) is 0. The number of hydrogen-bond acceptors (Lipinski definition) is 4. The number of carbonyl (C=O) groups is 1. The van der Waals surface area contributed by atoms with E-state index in [0.29, 0.717) is 11.3 Å². The molecule has 0 aliphatic rings. The van der Waals surface area contributed by atoms with Crippen LogP contribution in [-0.2, 0) is 0 Å². The minimum Gasteiger partial charge on any atom is -0.496 e. The Hall–Kier alpha value is -2.44. The number of aromatic nitrogens is 3. The smallest absolute Gasteiger partial charge is 0.271 e.